The number of hydrogen-bond acceptors (Lipinski definition) is 6. The minimum Gasteiger partial charge on any atom is -0.612 e. The van der Waals surface area contributed by atoms with E-state index in [1.165, 1.54) is 0 Å². The first-order valence-electron chi connectivity index (χ1n) is 9.74. The van der Waals surface area contributed by atoms with E-state index in [0.29, 0.717) is 34.6 Å². The van der Waals surface area contributed by atoms with Crippen LogP contribution in [0, 0.1) is 5.92 Å². The highest BCUT2D eigenvalue weighted by atomic mass is 35.5. The van der Waals surface area contributed by atoms with E-state index in [2.05, 4.69) is 26.9 Å². The van der Waals surface area contributed by atoms with E-state index in [4.69, 9.17) is 11.6 Å². The van der Waals surface area contributed by atoms with E-state index >= 15 is 0 Å². The number of carbonyl (C=O) groups is 1. The standard InChI is InChI=1S/C21H26ClN5O2S/c1-12(2)18-20(25-14(4)22)27(13(3)15-6-7-15)21(28)19(26-18)24-10-16-8-9-17(11-23-16)30(5)29/h8-9,11,13,15H,4,6-7,10H2,1-3,5H3,(H,24,26)/b25-20+/t13-,30?/m0/s1. The highest BCUT2D eigenvalue weighted by molar-refractivity contribution is 7.90. The van der Waals surface area contributed by atoms with Crippen molar-refractivity contribution in [3.8, 4) is 0 Å². The minimum atomic E-state index is -1.08. The summed E-state index contributed by atoms with van der Waals surface area (Å²) in [5, 5.41) is 3.22. The fourth-order valence-corrected chi connectivity index (χ4v) is 3.77. The Balaban J connectivity index is 1.90. The molecule has 0 saturated heterocycles. The second-order valence-corrected chi connectivity index (χ2v) is 9.48. The van der Waals surface area contributed by atoms with Gasteiger partial charge >= 0.3 is 0 Å². The number of halogens is 1. The largest absolute Gasteiger partial charge is 0.612 e. The lowest BCUT2D eigenvalue weighted by Gasteiger charge is -2.34. The molecule has 9 heteroatoms. The molecule has 1 fully saturated rings. The Morgan fingerprint density at radius 2 is 2.17 bits per heavy atom. The Hall–Kier alpha value is -2.16. The number of allylic oxidation sites excluding steroid dienone is 1. The first kappa shape index (κ1) is 22.5. The summed E-state index contributed by atoms with van der Waals surface area (Å²) in [5.74, 6) is 0.868. The van der Waals surface area contributed by atoms with Crippen LogP contribution >= 0.6 is 11.6 Å². The van der Waals surface area contributed by atoms with Gasteiger partial charge in [-0.3, -0.25) is 14.7 Å². The number of pyridine rings is 1. The number of rotatable bonds is 6. The molecule has 1 aliphatic heterocycles. The number of aliphatic imine (C=N–C) groups is 2. The van der Waals surface area contributed by atoms with Gasteiger partial charge in [0.2, 0.25) is 0 Å². The van der Waals surface area contributed by atoms with Crippen molar-refractivity contribution in [2.75, 3.05) is 6.26 Å². The molecule has 1 aromatic rings. The molecule has 1 N–H and O–H groups in total. The molecule has 30 heavy (non-hydrogen) atoms. The predicted octanol–water partition coefficient (Wildman–Crippen LogP) is 3.35. The van der Waals surface area contributed by atoms with Gasteiger partial charge in [0.1, 0.15) is 17.1 Å². The van der Waals surface area contributed by atoms with Gasteiger partial charge in [0.05, 0.1) is 18.4 Å². The van der Waals surface area contributed by atoms with Crippen molar-refractivity contribution >= 4 is 40.4 Å². The van der Waals surface area contributed by atoms with Crippen LogP contribution in [0.3, 0.4) is 0 Å². The van der Waals surface area contributed by atoms with Gasteiger partial charge in [0, 0.05) is 6.04 Å². The third-order valence-electron chi connectivity index (χ3n) is 5.06. The highest BCUT2D eigenvalue weighted by Crippen LogP contribution is 2.37. The molecule has 2 aliphatic rings. The summed E-state index contributed by atoms with van der Waals surface area (Å²) in [4.78, 5) is 28.9. The maximum Gasteiger partial charge on any atom is 0.295 e. The van der Waals surface area contributed by atoms with E-state index in [9.17, 15) is 9.35 Å². The lowest BCUT2D eigenvalue weighted by Crippen LogP contribution is -2.54. The van der Waals surface area contributed by atoms with Crippen molar-refractivity contribution in [3.05, 3.63) is 47.0 Å². The lowest BCUT2D eigenvalue weighted by atomic mass is 10.1. The molecule has 0 radical (unpaired) electrons. The molecular weight excluding hydrogens is 422 g/mol. The van der Waals surface area contributed by atoms with E-state index < -0.39 is 11.2 Å². The first-order valence-corrected chi connectivity index (χ1v) is 11.7. The zero-order valence-electron chi connectivity index (χ0n) is 17.6. The molecule has 1 saturated carbocycles. The zero-order valence-corrected chi connectivity index (χ0v) is 19.2. The molecular formula is C21H26ClN5O2S. The fraction of sp³-hybridized carbons (Fsp3) is 0.429. The average molecular weight is 448 g/mol. The number of amidine groups is 2. The maximum atomic E-state index is 13.3. The Morgan fingerprint density at radius 3 is 2.67 bits per heavy atom. The Bertz CT molecular complexity index is 931. The minimum absolute atomic E-state index is 0.0224. The van der Waals surface area contributed by atoms with Gasteiger partial charge in [-0.15, -0.1) is 0 Å². The fourth-order valence-electron chi connectivity index (χ4n) is 3.23. The van der Waals surface area contributed by atoms with Crippen LogP contribution in [0.2, 0.25) is 0 Å². The van der Waals surface area contributed by atoms with Crippen LogP contribution in [-0.4, -0.2) is 44.3 Å². The van der Waals surface area contributed by atoms with Crippen molar-refractivity contribution in [3.63, 3.8) is 0 Å². The van der Waals surface area contributed by atoms with Gasteiger partial charge in [0.25, 0.3) is 5.91 Å². The van der Waals surface area contributed by atoms with Gasteiger partial charge in [-0.2, -0.15) is 0 Å². The molecule has 1 aromatic heterocycles. The Morgan fingerprint density at radius 1 is 1.47 bits per heavy atom. The number of nitrogens with one attached hydrogen (secondary N) is 1. The third-order valence-corrected chi connectivity index (χ3v) is 6.05. The van der Waals surface area contributed by atoms with E-state index in [0.717, 1.165) is 18.4 Å². The molecule has 0 bridgehead atoms. The Kier molecular flexibility index (Phi) is 7.00. The maximum absolute atomic E-state index is 13.3. The topological polar surface area (TPSA) is 93.0 Å². The van der Waals surface area contributed by atoms with Crippen LogP contribution in [0.25, 0.3) is 0 Å². The summed E-state index contributed by atoms with van der Waals surface area (Å²) in [6.45, 7) is 9.84. The van der Waals surface area contributed by atoms with E-state index in [1.54, 1.807) is 29.5 Å². The van der Waals surface area contributed by atoms with Crippen molar-refractivity contribution in [1.82, 2.24) is 15.2 Å². The summed E-state index contributed by atoms with van der Waals surface area (Å²) in [7, 11) is 0. The van der Waals surface area contributed by atoms with Gasteiger partial charge < -0.3 is 9.87 Å². The molecule has 1 aliphatic carbocycles. The van der Waals surface area contributed by atoms with E-state index in [-0.39, 0.29) is 22.9 Å². The molecule has 2 atom stereocenters. The van der Waals surface area contributed by atoms with Crippen LogP contribution in [0.15, 0.2) is 56.2 Å². The summed E-state index contributed by atoms with van der Waals surface area (Å²) >= 11 is 4.89. The van der Waals surface area contributed by atoms with Crippen LogP contribution in [0.1, 0.15) is 39.3 Å². The zero-order chi connectivity index (χ0) is 22.0. The highest BCUT2D eigenvalue weighted by Gasteiger charge is 2.41. The molecule has 3 rings (SSSR count). The second kappa shape index (κ2) is 9.32. The summed E-state index contributed by atoms with van der Waals surface area (Å²) < 4.78 is 11.5. The molecule has 2 heterocycles. The third kappa shape index (κ3) is 5.11. The average Bonchev–Trinajstić information content (AvgIpc) is 3.52. The van der Waals surface area contributed by atoms with Crippen LogP contribution in [0.5, 0.6) is 0 Å². The quantitative estimate of drug-likeness (QED) is 0.534. The molecule has 0 aromatic carbocycles. The number of nitrogens with zero attached hydrogens (tertiary/aromatic N) is 4. The Labute approximate surface area is 185 Å². The van der Waals surface area contributed by atoms with Crippen molar-refractivity contribution in [2.45, 2.75) is 51.1 Å². The molecule has 160 valence electrons. The molecule has 1 unspecified atom stereocenters. The van der Waals surface area contributed by atoms with Gasteiger partial charge in [-0.05, 0) is 68.4 Å². The number of aromatic nitrogens is 1. The predicted molar refractivity (Wildman–Crippen MR) is 121 cm³/mol. The van der Waals surface area contributed by atoms with Gasteiger partial charge in [-0.25, -0.2) is 9.98 Å². The monoisotopic (exact) mass is 447 g/mol. The second-order valence-electron chi connectivity index (χ2n) is 7.67. The number of amides is 1. The van der Waals surface area contributed by atoms with Crippen LogP contribution in [0.4, 0.5) is 0 Å². The lowest BCUT2D eigenvalue weighted by molar-refractivity contribution is -0.122. The van der Waals surface area contributed by atoms with Crippen LogP contribution in [-0.2, 0) is 22.5 Å². The van der Waals surface area contributed by atoms with Gasteiger partial charge in [0.15, 0.2) is 16.6 Å². The summed E-state index contributed by atoms with van der Waals surface area (Å²) in [6.07, 6.45) is 5.35. The molecule has 7 nitrogen and oxygen atoms in total. The number of hydrogen-bond donors (Lipinski definition) is 1. The normalized spacial score (nSPS) is 20.1. The smallest absolute Gasteiger partial charge is 0.295 e. The van der Waals surface area contributed by atoms with Crippen molar-refractivity contribution < 1.29 is 9.35 Å². The van der Waals surface area contributed by atoms with Crippen LogP contribution < -0.4 is 5.32 Å². The summed E-state index contributed by atoms with van der Waals surface area (Å²) in [6, 6.07) is 3.53. The number of carbonyl (C=O) groups excluding carboxylic acids is 1. The van der Waals surface area contributed by atoms with E-state index in [1.807, 2.05) is 20.8 Å². The summed E-state index contributed by atoms with van der Waals surface area (Å²) in [5.41, 5.74) is 2.24. The molecule has 0 spiro atoms. The molecule has 1 amide bonds. The van der Waals surface area contributed by atoms with Crippen molar-refractivity contribution in [2.24, 2.45) is 15.9 Å². The first-order chi connectivity index (χ1) is 14.2. The SMILES string of the molecule is C=C(Cl)/N=C1\C(=C(C)C)N=C(NCc2ccc([S+](C)[O-])cn2)C(=O)N1[C@@H](C)C1CC1. The van der Waals surface area contributed by atoms with Crippen molar-refractivity contribution in [1.29, 1.82) is 0 Å². The van der Waals surface area contributed by atoms with Gasteiger partial charge in [-0.1, -0.05) is 18.2 Å².